The van der Waals surface area contributed by atoms with Crippen LogP contribution in [0.3, 0.4) is 0 Å². The molecule has 1 aromatic heterocycles. The minimum Gasteiger partial charge on any atom is -0.467 e. The highest BCUT2D eigenvalue weighted by molar-refractivity contribution is 5.92. The van der Waals surface area contributed by atoms with E-state index in [1.165, 1.54) is 30.6 Å². The zero-order chi connectivity index (χ0) is 17.6. The number of carbonyl (C=O) groups excluding carboxylic acids is 1. The van der Waals surface area contributed by atoms with E-state index < -0.39 is 12.5 Å². The van der Waals surface area contributed by atoms with Gasteiger partial charge in [0.15, 0.2) is 6.61 Å². The number of benzene rings is 2. The maximum Gasteiger partial charge on any atom is 0.387 e. The van der Waals surface area contributed by atoms with Gasteiger partial charge in [-0.05, 0) is 36.4 Å². The van der Waals surface area contributed by atoms with Crippen LogP contribution in [0.25, 0.3) is 10.9 Å². The lowest BCUT2D eigenvalue weighted by atomic mass is 10.2. The molecule has 0 aliphatic rings. The molecule has 0 bridgehead atoms. The topological polar surface area (TPSA) is 73.3 Å². The highest BCUT2D eigenvalue weighted by atomic mass is 19.3. The summed E-state index contributed by atoms with van der Waals surface area (Å²) in [6, 6.07) is 12.8. The number of hydrogen-bond donors (Lipinski definition) is 1. The van der Waals surface area contributed by atoms with E-state index in [2.05, 4.69) is 20.0 Å². The lowest BCUT2D eigenvalue weighted by molar-refractivity contribution is -0.118. The van der Waals surface area contributed by atoms with Crippen LogP contribution in [0, 0.1) is 0 Å². The van der Waals surface area contributed by atoms with E-state index in [1.807, 2.05) is 18.2 Å². The van der Waals surface area contributed by atoms with Gasteiger partial charge in [0.05, 0.1) is 10.9 Å². The number of ether oxygens (including phenoxy) is 2. The second kappa shape index (κ2) is 7.52. The molecule has 0 aliphatic heterocycles. The van der Waals surface area contributed by atoms with Crippen molar-refractivity contribution in [2.45, 2.75) is 6.61 Å². The van der Waals surface area contributed by atoms with E-state index in [0.717, 1.165) is 0 Å². The summed E-state index contributed by atoms with van der Waals surface area (Å²) in [5, 5.41) is 3.29. The van der Waals surface area contributed by atoms with Crippen LogP contribution in [0.1, 0.15) is 0 Å². The van der Waals surface area contributed by atoms with Crippen molar-refractivity contribution in [3.63, 3.8) is 0 Å². The Balaban J connectivity index is 1.59. The van der Waals surface area contributed by atoms with Crippen LogP contribution in [0.4, 0.5) is 14.5 Å². The molecular weight excluding hydrogens is 332 g/mol. The molecule has 3 rings (SSSR count). The van der Waals surface area contributed by atoms with E-state index >= 15 is 0 Å². The number of alkyl halides is 2. The van der Waals surface area contributed by atoms with Crippen LogP contribution in [0.2, 0.25) is 0 Å². The van der Waals surface area contributed by atoms with Gasteiger partial charge in [-0.1, -0.05) is 12.1 Å². The van der Waals surface area contributed by atoms with Gasteiger partial charge in [-0.25, -0.2) is 9.97 Å². The molecule has 0 fully saturated rings. The predicted octanol–water partition coefficient (Wildman–Crippen LogP) is 3.25. The van der Waals surface area contributed by atoms with Crippen LogP contribution in [-0.4, -0.2) is 29.1 Å². The first-order valence-electron chi connectivity index (χ1n) is 7.29. The Labute approximate surface area is 141 Å². The molecule has 0 saturated heterocycles. The predicted molar refractivity (Wildman–Crippen MR) is 86.7 cm³/mol. The molecule has 2 aromatic carbocycles. The number of carbonyl (C=O) groups is 1. The van der Waals surface area contributed by atoms with E-state index in [0.29, 0.717) is 22.5 Å². The van der Waals surface area contributed by atoms with E-state index in [4.69, 9.17) is 4.74 Å². The third kappa shape index (κ3) is 4.37. The number of fused-ring (bicyclic) bond motifs is 1. The molecule has 0 spiro atoms. The van der Waals surface area contributed by atoms with Gasteiger partial charge in [0, 0.05) is 5.69 Å². The molecule has 128 valence electrons. The van der Waals surface area contributed by atoms with Crippen molar-refractivity contribution in [2.75, 3.05) is 11.9 Å². The number of amides is 1. The summed E-state index contributed by atoms with van der Waals surface area (Å²) >= 11 is 0. The first kappa shape index (κ1) is 16.6. The molecule has 8 heteroatoms. The van der Waals surface area contributed by atoms with Crippen LogP contribution < -0.4 is 14.8 Å². The highest BCUT2D eigenvalue weighted by Gasteiger charge is 2.09. The van der Waals surface area contributed by atoms with E-state index in [9.17, 15) is 13.6 Å². The molecule has 6 nitrogen and oxygen atoms in total. The molecule has 1 heterocycles. The second-order valence-electron chi connectivity index (χ2n) is 4.94. The van der Waals surface area contributed by atoms with Crippen molar-refractivity contribution in [3.8, 4) is 11.6 Å². The van der Waals surface area contributed by atoms with E-state index in [1.54, 1.807) is 6.07 Å². The number of anilines is 1. The average molecular weight is 345 g/mol. The lowest BCUT2D eigenvalue weighted by Gasteiger charge is -2.09. The SMILES string of the molecule is O=C(COc1ncnc2ccccc12)Nc1ccc(OC(F)F)cc1. The summed E-state index contributed by atoms with van der Waals surface area (Å²) in [6.07, 6.45) is 1.36. The molecule has 0 radical (unpaired) electrons. The molecule has 1 amide bonds. The Bertz CT molecular complexity index is 867. The zero-order valence-corrected chi connectivity index (χ0v) is 12.9. The van der Waals surface area contributed by atoms with Crippen molar-refractivity contribution in [3.05, 3.63) is 54.9 Å². The van der Waals surface area contributed by atoms with Crippen molar-refractivity contribution in [1.29, 1.82) is 0 Å². The Hall–Kier alpha value is -3.29. The summed E-state index contributed by atoms with van der Waals surface area (Å²) in [4.78, 5) is 20.1. The van der Waals surface area contributed by atoms with Gasteiger partial charge in [0.2, 0.25) is 5.88 Å². The van der Waals surface area contributed by atoms with Gasteiger partial charge in [0.25, 0.3) is 5.91 Å². The summed E-state index contributed by atoms with van der Waals surface area (Å²) in [5.74, 6) is -0.0941. The number of hydrogen-bond acceptors (Lipinski definition) is 5. The van der Waals surface area contributed by atoms with Gasteiger partial charge in [0.1, 0.15) is 12.1 Å². The van der Waals surface area contributed by atoms with Crippen molar-refractivity contribution < 1.29 is 23.0 Å². The Morgan fingerprint density at radius 2 is 1.84 bits per heavy atom. The monoisotopic (exact) mass is 345 g/mol. The Kier molecular flexibility index (Phi) is 4.98. The average Bonchev–Trinajstić information content (AvgIpc) is 2.61. The third-order valence-electron chi connectivity index (χ3n) is 3.21. The molecule has 1 N–H and O–H groups in total. The lowest BCUT2D eigenvalue weighted by Crippen LogP contribution is -2.20. The van der Waals surface area contributed by atoms with E-state index in [-0.39, 0.29) is 12.4 Å². The molecule has 0 atom stereocenters. The zero-order valence-electron chi connectivity index (χ0n) is 12.9. The highest BCUT2D eigenvalue weighted by Crippen LogP contribution is 2.21. The second-order valence-corrected chi connectivity index (χ2v) is 4.94. The van der Waals surface area contributed by atoms with Crippen molar-refractivity contribution >= 4 is 22.5 Å². The van der Waals surface area contributed by atoms with Gasteiger partial charge in [-0.3, -0.25) is 4.79 Å². The number of aromatic nitrogens is 2. The Morgan fingerprint density at radius 3 is 2.60 bits per heavy atom. The molecule has 0 saturated carbocycles. The first-order chi connectivity index (χ1) is 12.1. The molecule has 3 aromatic rings. The molecule has 0 unspecified atom stereocenters. The van der Waals surface area contributed by atoms with Crippen LogP contribution >= 0.6 is 0 Å². The summed E-state index contributed by atoms with van der Waals surface area (Å²) < 4.78 is 33.8. The van der Waals surface area contributed by atoms with Crippen molar-refractivity contribution in [1.82, 2.24) is 9.97 Å². The third-order valence-corrected chi connectivity index (χ3v) is 3.21. The minimum atomic E-state index is -2.89. The largest absolute Gasteiger partial charge is 0.467 e. The van der Waals surface area contributed by atoms with Crippen molar-refractivity contribution in [2.24, 2.45) is 0 Å². The van der Waals surface area contributed by atoms with Gasteiger partial charge in [-0.15, -0.1) is 0 Å². The minimum absolute atomic E-state index is 0.0108. The molecule has 25 heavy (non-hydrogen) atoms. The quantitative estimate of drug-likeness (QED) is 0.742. The number of halogens is 2. The number of nitrogens with one attached hydrogen (secondary N) is 1. The van der Waals surface area contributed by atoms with Gasteiger partial charge < -0.3 is 14.8 Å². The number of para-hydroxylation sites is 1. The van der Waals surface area contributed by atoms with Gasteiger partial charge >= 0.3 is 6.61 Å². The summed E-state index contributed by atoms with van der Waals surface area (Å²) in [5.41, 5.74) is 1.14. The normalized spacial score (nSPS) is 10.7. The fraction of sp³-hybridized carbons (Fsp3) is 0.118. The smallest absolute Gasteiger partial charge is 0.387 e. The van der Waals surface area contributed by atoms with Crippen LogP contribution in [0.15, 0.2) is 54.9 Å². The fourth-order valence-electron chi connectivity index (χ4n) is 2.15. The molecule has 0 aliphatic carbocycles. The first-order valence-corrected chi connectivity index (χ1v) is 7.29. The van der Waals surface area contributed by atoms with Crippen LogP contribution in [0.5, 0.6) is 11.6 Å². The number of rotatable bonds is 6. The number of nitrogens with zero attached hydrogens (tertiary/aromatic N) is 2. The van der Waals surface area contributed by atoms with Crippen LogP contribution in [-0.2, 0) is 4.79 Å². The fourth-order valence-corrected chi connectivity index (χ4v) is 2.15. The summed E-state index contributed by atoms with van der Waals surface area (Å²) in [7, 11) is 0. The maximum absolute atomic E-state index is 12.1. The van der Waals surface area contributed by atoms with Gasteiger partial charge in [-0.2, -0.15) is 8.78 Å². The maximum atomic E-state index is 12.1. The Morgan fingerprint density at radius 1 is 1.08 bits per heavy atom. The standard InChI is InChI=1S/C17H13F2N3O3/c18-17(19)25-12-7-5-11(6-8-12)22-15(23)9-24-16-13-3-1-2-4-14(13)20-10-21-16/h1-8,10,17H,9H2,(H,22,23). The molecular formula is C17H13F2N3O3. The summed E-state index contributed by atoms with van der Waals surface area (Å²) in [6.45, 7) is -3.15.